The number of aryl methyl sites for hydroxylation is 1. The highest BCUT2D eigenvalue weighted by atomic mass is 79.9. The second kappa shape index (κ2) is 9.22. The van der Waals surface area contributed by atoms with Crippen LogP contribution in [-0.4, -0.2) is 25.1 Å². The van der Waals surface area contributed by atoms with Gasteiger partial charge in [0.1, 0.15) is 5.75 Å². The molecule has 0 aliphatic carbocycles. The van der Waals surface area contributed by atoms with E-state index in [1.165, 1.54) is 0 Å². The molecule has 6 heteroatoms. The van der Waals surface area contributed by atoms with E-state index >= 15 is 0 Å². The van der Waals surface area contributed by atoms with Gasteiger partial charge in [-0.05, 0) is 71.2 Å². The highest BCUT2D eigenvalue weighted by molar-refractivity contribution is 9.10. The van der Waals surface area contributed by atoms with Crippen molar-refractivity contribution in [2.45, 2.75) is 20.3 Å². The van der Waals surface area contributed by atoms with E-state index in [1.54, 1.807) is 24.3 Å². The van der Waals surface area contributed by atoms with Gasteiger partial charge in [0.15, 0.2) is 6.61 Å². The molecule has 0 atom stereocenters. The smallest absolute Gasteiger partial charge is 0.338 e. The standard InChI is InChI=1S/C19H20BrNO4/c1-3-10-24-19(23)14-5-7-15(8-6-14)21-18(22)12-25-17-9-4-13(2)11-16(17)20/h4-9,11H,3,10,12H2,1-2H3,(H,21,22). The molecular formula is C19H20BrNO4. The first-order chi connectivity index (χ1) is 12.0. The number of anilines is 1. The summed E-state index contributed by atoms with van der Waals surface area (Å²) in [4.78, 5) is 23.7. The molecule has 0 bridgehead atoms. The topological polar surface area (TPSA) is 64.6 Å². The van der Waals surface area contributed by atoms with Crippen molar-refractivity contribution in [3.63, 3.8) is 0 Å². The lowest BCUT2D eigenvalue weighted by molar-refractivity contribution is -0.118. The largest absolute Gasteiger partial charge is 0.483 e. The van der Waals surface area contributed by atoms with Gasteiger partial charge in [-0.15, -0.1) is 0 Å². The van der Waals surface area contributed by atoms with Crippen LogP contribution in [0, 0.1) is 6.92 Å². The number of esters is 1. The van der Waals surface area contributed by atoms with Crippen molar-refractivity contribution in [2.75, 3.05) is 18.5 Å². The maximum absolute atomic E-state index is 12.0. The number of hydrogen-bond acceptors (Lipinski definition) is 4. The molecule has 1 N–H and O–H groups in total. The van der Waals surface area contributed by atoms with Gasteiger partial charge in [0.2, 0.25) is 0 Å². The van der Waals surface area contributed by atoms with Crippen molar-refractivity contribution in [1.29, 1.82) is 0 Å². The SMILES string of the molecule is CCCOC(=O)c1ccc(NC(=O)COc2ccc(C)cc2Br)cc1. The summed E-state index contributed by atoms with van der Waals surface area (Å²) in [5.74, 6) is -0.0455. The molecule has 0 heterocycles. The Hall–Kier alpha value is -2.34. The summed E-state index contributed by atoms with van der Waals surface area (Å²) in [6.07, 6.45) is 0.775. The summed E-state index contributed by atoms with van der Waals surface area (Å²) in [5, 5.41) is 2.72. The zero-order valence-corrected chi connectivity index (χ0v) is 15.8. The Bertz CT molecular complexity index is 744. The van der Waals surface area contributed by atoms with Crippen LogP contribution in [-0.2, 0) is 9.53 Å². The number of benzene rings is 2. The number of nitrogens with one attached hydrogen (secondary N) is 1. The Morgan fingerprint density at radius 1 is 1.12 bits per heavy atom. The van der Waals surface area contributed by atoms with E-state index in [0.717, 1.165) is 16.5 Å². The quantitative estimate of drug-likeness (QED) is 0.695. The summed E-state index contributed by atoms with van der Waals surface area (Å²) < 4.78 is 11.4. The summed E-state index contributed by atoms with van der Waals surface area (Å²) in [6, 6.07) is 12.2. The normalized spacial score (nSPS) is 10.2. The maximum atomic E-state index is 12.0. The van der Waals surface area contributed by atoms with E-state index in [2.05, 4.69) is 21.2 Å². The minimum Gasteiger partial charge on any atom is -0.483 e. The molecule has 1 amide bonds. The van der Waals surface area contributed by atoms with E-state index in [4.69, 9.17) is 9.47 Å². The molecule has 0 saturated carbocycles. The van der Waals surface area contributed by atoms with E-state index < -0.39 is 0 Å². The summed E-state index contributed by atoms with van der Waals surface area (Å²) >= 11 is 3.40. The zero-order chi connectivity index (χ0) is 18.2. The fourth-order valence-corrected chi connectivity index (χ4v) is 2.64. The lowest BCUT2D eigenvalue weighted by atomic mass is 10.2. The number of halogens is 1. The van der Waals surface area contributed by atoms with Gasteiger partial charge in [-0.1, -0.05) is 13.0 Å². The fraction of sp³-hybridized carbons (Fsp3) is 0.263. The molecule has 0 spiro atoms. The molecule has 132 valence electrons. The Balaban J connectivity index is 1.87. The van der Waals surface area contributed by atoms with Crippen LogP contribution in [0.2, 0.25) is 0 Å². The number of carbonyl (C=O) groups is 2. The minimum absolute atomic E-state index is 0.109. The third-order valence-corrected chi connectivity index (χ3v) is 3.91. The second-order valence-electron chi connectivity index (χ2n) is 5.48. The van der Waals surface area contributed by atoms with Gasteiger partial charge in [0.05, 0.1) is 16.6 Å². The molecule has 2 aromatic rings. The first kappa shape index (κ1) is 19.0. The van der Waals surface area contributed by atoms with Crippen LogP contribution in [0.4, 0.5) is 5.69 Å². The van der Waals surface area contributed by atoms with Gasteiger partial charge in [-0.2, -0.15) is 0 Å². The van der Waals surface area contributed by atoms with Crippen LogP contribution in [0.3, 0.4) is 0 Å². The monoisotopic (exact) mass is 405 g/mol. The van der Waals surface area contributed by atoms with Crippen molar-refractivity contribution in [2.24, 2.45) is 0 Å². The van der Waals surface area contributed by atoms with E-state index in [-0.39, 0.29) is 18.5 Å². The molecule has 0 aromatic heterocycles. The average molecular weight is 406 g/mol. The molecule has 2 rings (SSSR count). The minimum atomic E-state index is -0.368. The maximum Gasteiger partial charge on any atom is 0.338 e. The van der Waals surface area contributed by atoms with Crippen LogP contribution < -0.4 is 10.1 Å². The summed E-state index contributed by atoms with van der Waals surface area (Å²) in [5.41, 5.74) is 2.14. The fourth-order valence-electron chi connectivity index (χ4n) is 2.03. The van der Waals surface area contributed by atoms with E-state index in [0.29, 0.717) is 23.6 Å². The van der Waals surface area contributed by atoms with Gasteiger partial charge >= 0.3 is 5.97 Å². The Labute approximate surface area is 155 Å². The Kier molecular flexibility index (Phi) is 7.01. The first-order valence-corrected chi connectivity index (χ1v) is 8.75. The van der Waals surface area contributed by atoms with Gasteiger partial charge < -0.3 is 14.8 Å². The molecule has 2 aromatic carbocycles. The second-order valence-corrected chi connectivity index (χ2v) is 6.34. The average Bonchev–Trinajstić information content (AvgIpc) is 2.59. The van der Waals surface area contributed by atoms with Crippen LogP contribution in [0.15, 0.2) is 46.9 Å². The van der Waals surface area contributed by atoms with Crippen molar-refractivity contribution in [3.05, 3.63) is 58.1 Å². The van der Waals surface area contributed by atoms with Crippen molar-refractivity contribution in [3.8, 4) is 5.75 Å². The van der Waals surface area contributed by atoms with E-state index in [9.17, 15) is 9.59 Å². The zero-order valence-electron chi connectivity index (χ0n) is 14.2. The number of rotatable bonds is 7. The van der Waals surface area contributed by atoms with Gasteiger partial charge in [-0.3, -0.25) is 4.79 Å². The lowest BCUT2D eigenvalue weighted by Gasteiger charge is -2.10. The lowest BCUT2D eigenvalue weighted by Crippen LogP contribution is -2.20. The first-order valence-electron chi connectivity index (χ1n) is 7.95. The molecule has 0 aliphatic rings. The predicted molar refractivity (Wildman–Crippen MR) is 100 cm³/mol. The van der Waals surface area contributed by atoms with Crippen molar-refractivity contribution in [1.82, 2.24) is 0 Å². The van der Waals surface area contributed by atoms with Crippen LogP contribution in [0.5, 0.6) is 5.75 Å². The Morgan fingerprint density at radius 3 is 2.48 bits per heavy atom. The molecular weight excluding hydrogens is 386 g/mol. The molecule has 0 aliphatic heterocycles. The highest BCUT2D eigenvalue weighted by Gasteiger charge is 2.09. The number of ether oxygens (including phenoxy) is 2. The molecule has 5 nitrogen and oxygen atoms in total. The molecule has 25 heavy (non-hydrogen) atoms. The third kappa shape index (κ3) is 5.90. The van der Waals surface area contributed by atoms with Crippen LogP contribution in [0.25, 0.3) is 0 Å². The number of carbonyl (C=O) groups excluding carboxylic acids is 2. The van der Waals surface area contributed by atoms with Gasteiger partial charge in [0.25, 0.3) is 5.91 Å². The van der Waals surface area contributed by atoms with Gasteiger partial charge in [0, 0.05) is 5.69 Å². The van der Waals surface area contributed by atoms with Crippen molar-refractivity contribution >= 4 is 33.5 Å². The molecule has 0 unspecified atom stereocenters. The number of amides is 1. The van der Waals surface area contributed by atoms with Gasteiger partial charge in [-0.25, -0.2) is 4.79 Å². The molecule has 0 saturated heterocycles. The molecule has 0 fully saturated rings. The van der Waals surface area contributed by atoms with Crippen LogP contribution >= 0.6 is 15.9 Å². The summed E-state index contributed by atoms with van der Waals surface area (Å²) in [6.45, 7) is 4.19. The number of hydrogen-bond donors (Lipinski definition) is 1. The van der Waals surface area contributed by atoms with Crippen LogP contribution in [0.1, 0.15) is 29.3 Å². The van der Waals surface area contributed by atoms with E-state index in [1.807, 2.05) is 32.0 Å². The van der Waals surface area contributed by atoms with Crippen molar-refractivity contribution < 1.29 is 19.1 Å². The summed E-state index contributed by atoms with van der Waals surface area (Å²) in [7, 11) is 0. The third-order valence-electron chi connectivity index (χ3n) is 3.29. The molecule has 0 radical (unpaired) electrons. The predicted octanol–water partition coefficient (Wildman–Crippen LogP) is 4.34. The highest BCUT2D eigenvalue weighted by Crippen LogP contribution is 2.25. The Morgan fingerprint density at radius 2 is 1.84 bits per heavy atom.